The summed E-state index contributed by atoms with van der Waals surface area (Å²) >= 11 is 3.11. The van der Waals surface area contributed by atoms with Crippen LogP contribution in [0, 0.1) is 6.92 Å². The van der Waals surface area contributed by atoms with Crippen LogP contribution in [0.15, 0.2) is 28.4 Å². The lowest BCUT2D eigenvalue weighted by Gasteiger charge is -2.16. The first-order valence-electron chi connectivity index (χ1n) is 6.78. The second-order valence-corrected chi connectivity index (χ2v) is 7.17. The first-order valence-corrected chi connectivity index (χ1v) is 8.98. The van der Waals surface area contributed by atoms with Crippen LogP contribution in [-0.2, 0) is 29.2 Å². The number of carbonyl (C=O) groups is 2. The summed E-state index contributed by atoms with van der Waals surface area (Å²) in [6.07, 6.45) is 0.668. The molecule has 1 aromatic rings. The molecule has 0 unspecified atom stereocenters. The smallest absolute Gasteiger partial charge is 0.466 e. The fourth-order valence-corrected chi connectivity index (χ4v) is 2.38. The number of halogens is 4. The minimum atomic E-state index is -5.97. The number of rotatable bonds is 6. The molecule has 1 aromatic carbocycles. The first-order chi connectivity index (χ1) is 12.3. The Balaban J connectivity index is 3.45. The highest BCUT2D eigenvalue weighted by molar-refractivity contribution is 9.10. The van der Waals surface area contributed by atoms with Gasteiger partial charge in [0, 0.05) is 4.47 Å². The lowest BCUT2D eigenvalue weighted by atomic mass is 10.2. The van der Waals surface area contributed by atoms with Crippen LogP contribution in [0.1, 0.15) is 5.56 Å². The minimum absolute atomic E-state index is 0.337. The molecular weight excluding hydrogens is 463 g/mol. The molecule has 0 amide bonds. The number of aryl methyl sites for hydroxylation is 1. The fourth-order valence-electron chi connectivity index (χ4n) is 1.56. The van der Waals surface area contributed by atoms with Crippen molar-refractivity contribution in [1.82, 2.24) is 0 Å². The number of methoxy groups -OCH3 is 2. The van der Waals surface area contributed by atoms with Crippen molar-refractivity contribution in [3.8, 4) is 5.75 Å². The van der Waals surface area contributed by atoms with Gasteiger partial charge in [0.2, 0.25) is 0 Å². The average Bonchev–Trinajstić information content (AvgIpc) is 2.56. The zero-order valence-corrected chi connectivity index (χ0v) is 16.4. The van der Waals surface area contributed by atoms with E-state index in [1.165, 1.54) is 6.92 Å². The van der Waals surface area contributed by atoms with E-state index in [9.17, 15) is 31.2 Å². The van der Waals surface area contributed by atoms with Gasteiger partial charge in [0.15, 0.2) is 5.75 Å². The maximum atomic E-state index is 12.6. The van der Waals surface area contributed by atoms with E-state index in [4.69, 9.17) is 0 Å². The Morgan fingerprint density at radius 2 is 1.78 bits per heavy atom. The molecule has 8 nitrogen and oxygen atoms in total. The number of esters is 2. The van der Waals surface area contributed by atoms with Crippen molar-refractivity contribution in [1.29, 1.82) is 0 Å². The van der Waals surface area contributed by atoms with Gasteiger partial charge in [0.1, 0.15) is 5.70 Å². The number of alkyl halides is 3. The van der Waals surface area contributed by atoms with E-state index in [2.05, 4.69) is 34.9 Å². The van der Waals surface area contributed by atoms with Gasteiger partial charge in [-0.1, -0.05) is 15.9 Å². The summed E-state index contributed by atoms with van der Waals surface area (Å²) in [6.45, 7) is 1.46. The number of ether oxygens (including phenoxy) is 2. The fraction of sp³-hybridized carbons (Fsp3) is 0.286. The third kappa shape index (κ3) is 5.85. The van der Waals surface area contributed by atoms with Crippen LogP contribution in [0.3, 0.4) is 0 Å². The Morgan fingerprint density at radius 1 is 1.19 bits per heavy atom. The van der Waals surface area contributed by atoms with Crippen molar-refractivity contribution in [2.75, 3.05) is 19.5 Å². The molecule has 0 aliphatic rings. The molecule has 0 aliphatic carbocycles. The summed E-state index contributed by atoms with van der Waals surface area (Å²) in [5, 5.41) is 2.30. The summed E-state index contributed by atoms with van der Waals surface area (Å²) in [5.41, 5.74) is -6.22. The van der Waals surface area contributed by atoms with Gasteiger partial charge in [-0.25, -0.2) is 9.59 Å². The molecular formula is C14H13BrF3NO7S. The monoisotopic (exact) mass is 475 g/mol. The van der Waals surface area contributed by atoms with Crippen molar-refractivity contribution < 1.29 is 44.8 Å². The summed E-state index contributed by atoms with van der Waals surface area (Å²) in [6, 6.07) is 2.15. The molecule has 0 heterocycles. The van der Waals surface area contributed by atoms with Crippen LogP contribution in [0.2, 0.25) is 0 Å². The predicted molar refractivity (Wildman–Crippen MR) is 90.2 cm³/mol. The molecule has 1 N–H and O–H groups in total. The topological polar surface area (TPSA) is 108 Å². The number of nitrogens with one attached hydrogen (secondary N) is 1. The Bertz CT molecular complexity index is 881. The molecule has 0 radical (unpaired) electrons. The van der Waals surface area contributed by atoms with Crippen LogP contribution in [0.5, 0.6) is 5.75 Å². The number of carbonyl (C=O) groups excluding carboxylic acids is 2. The zero-order valence-electron chi connectivity index (χ0n) is 14.0. The number of hydrogen-bond acceptors (Lipinski definition) is 8. The van der Waals surface area contributed by atoms with Crippen molar-refractivity contribution in [2.24, 2.45) is 0 Å². The maximum absolute atomic E-state index is 12.6. The number of anilines is 1. The van der Waals surface area contributed by atoms with E-state index in [1.807, 2.05) is 0 Å². The highest BCUT2D eigenvalue weighted by Gasteiger charge is 2.49. The molecule has 0 atom stereocenters. The molecule has 0 saturated carbocycles. The largest absolute Gasteiger partial charge is 0.534 e. The van der Waals surface area contributed by atoms with Crippen LogP contribution in [0.25, 0.3) is 0 Å². The van der Waals surface area contributed by atoms with Crippen molar-refractivity contribution in [3.05, 3.63) is 33.9 Å². The predicted octanol–water partition coefficient (Wildman–Crippen LogP) is 2.63. The van der Waals surface area contributed by atoms with E-state index in [0.717, 1.165) is 26.4 Å². The second kappa shape index (κ2) is 8.61. The quantitative estimate of drug-likeness (QED) is 0.289. The third-order valence-electron chi connectivity index (χ3n) is 2.88. The zero-order chi connectivity index (χ0) is 21.0. The van der Waals surface area contributed by atoms with Crippen LogP contribution in [-0.4, -0.2) is 40.1 Å². The molecule has 27 heavy (non-hydrogen) atoms. The van der Waals surface area contributed by atoms with Gasteiger partial charge < -0.3 is 19.0 Å². The van der Waals surface area contributed by atoms with E-state index in [-0.39, 0.29) is 5.69 Å². The number of benzene rings is 1. The van der Waals surface area contributed by atoms with Gasteiger partial charge in [-0.3, -0.25) is 0 Å². The normalized spacial score (nSPS) is 12.3. The Labute approximate surface area is 160 Å². The molecule has 150 valence electrons. The minimum Gasteiger partial charge on any atom is -0.466 e. The van der Waals surface area contributed by atoms with Crippen molar-refractivity contribution >= 4 is 43.7 Å². The molecule has 0 spiro atoms. The highest BCUT2D eigenvalue weighted by Crippen LogP contribution is 2.36. The lowest BCUT2D eigenvalue weighted by molar-refractivity contribution is -0.138. The molecule has 0 bridgehead atoms. The summed E-state index contributed by atoms with van der Waals surface area (Å²) in [7, 11) is -3.95. The van der Waals surface area contributed by atoms with Gasteiger partial charge in [-0.15, -0.1) is 0 Å². The van der Waals surface area contributed by atoms with Gasteiger partial charge in [-0.05, 0) is 24.6 Å². The first kappa shape index (κ1) is 22.8. The average molecular weight is 476 g/mol. The van der Waals surface area contributed by atoms with Gasteiger partial charge in [0.05, 0.1) is 26.0 Å². The standard InChI is InChI=1S/C14H13BrF3NO7S/c1-7-4-11(26-27(22,23)14(16,17)18)9(5-8(7)15)19-10(13(21)25-3)6-12(20)24-2/h4-6,19H,1-3H3/b10-6+. The number of hydrogen-bond donors (Lipinski definition) is 1. The van der Waals surface area contributed by atoms with Crippen LogP contribution >= 0.6 is 15.9 Å². The second-order valence-electron chi connectivity index (χ2n) is 4.78. The van der Waals surface area contributed by atoms with E-state index >= 15 is 0 Å². The Morgan fingerprint density at radius 3 is 2.26 bits per heavy atom. The molecule has 0 fully saturated rings. The molecule has 0 saturated heterocycles. The third-order valence-corrected chi connectivity index (χ3v) is 4.70. The van der Waals surface area contributed by atoms with Crippen molar-refractivity contribution in [3.63, 3.8) is 0 Å². The molecule has 0 aromatic heterocycles. The molecule has 0 aliphatic heterocycles. The SMILES string of the molecule is COC(=O)/C=C(/Nc1cc(Br)c(C)cc1OS(=O)(=O)C(F)(F)F)C(=O)OC. The summed E-state index contributed by atoms with van der Waals surface area (Å²) in [5.74, 6) is -2.80. The van der Waals surface area contributed by atoms with E-state index < -0.39 is 39.0 Å². The maximum Gasteiger partial charge on any atom is 0.534 e. The van der Waals surface area contributed by atoms with Crippen LogP contribution in [0.4, 0.5) is 18.9 Å². The van der Waals surface area contributed by atoms with Crippen molar-refractivity contribution in [2.45, 2.75) is 12.4 Å². The van der Waals surface area contributed by atoms with E-state index in [0.29, 0.717) is 16.1 Å². The Kier molecular flexibility index (Phi) is 7.25. The van der Waals surface area contributed by atoms with Gasteiger partial charge >= 0.3 is 27.6 Å². The highest BCUT2D eigenvalue weighted by atomic mass is 79.9. The van der Waals surface area contributed by atoms with Crippen LogP contribution < -0.4 is 9.50 Å². The van der Waals surface area contributed by atoms with E-state index in [1.54, 1.807) is 0 Å². The van der Waals surface area contributed by atoms with Gasteiger partial charge in [-0.2, -0.15) is 21.6 Å². The summed E-state index contributed by atoms with van der Waals surface area (Å²) in [4.78, 5) is 23.1. The lowest BCUT2D eigenvalue weighted by Crippen LogP contribution is -2.28. The Hall–Kier alpha value is -2.28. The molecule has 13 heteroatoms. The summed E-state index contributed by atoms with van der Waals surface area (Å²) < 4.78 is 73.7. The molecule has 1 rings (SSSR count). The van der Waals surface area contributed by atoms with Gasteiger partial charge in [0.25, 0.3) is 0 Å².